The van der Waals surface area contributed by atoms with Crippen LogP contribution in [0.4, 0.5) is 5.69 Å². The van der Waals surface area contributed by atoms with Crippen molar-refractivity contribution in [2.45, 2.75) is 37.6 Å². The summed E-state index contributed by atoms with van der Waals surface area (Å²) >= 11 is 0. The molecule has 2 unspecified atom stereocenters. The summed E-state index contributed by atoms with van der Waals surface area (Å²) in [7, 11) is -7.34. The van der Waals surface area contributed by atoms with Gasteiger partial charge in [-0.1, -0.05) is 24.3 Å². The van der Waals surface area contributed by atoms with E-state index in [2.05, 4.69) is 9.44 Å². The van der Waals surface area contributed by atoms with E-state index in [1.807, 2.05) is 13.0 Å². The third kappa shape index (κ3) is 6.44. The molecular formula is C21H28N2O9S2. The highest BCUT2D eigenvalue weighted by molar-refractivity contribution is 7.92. The lowest BCUT2D eigenvalue weighted by Gasteiger charge is -2.42. The van der Waals surface area contributed by atoms with Crippen LogP contribution in [0.5, 0.6) is 5.75 Å². The summed E-state index contributed by atoms with van der Waals surface area (Å²) in [5.41, 5.74) is 2.27. The molecule has 0 aromatic heterocycles. The van der Waals surface area contributed by atoms with E-state index >= 15 is 0 Å². The van der Waals surface area contributed by atoms with Crippen molar-refractivity contribution in [2.75, 3.05) is 23.8 Å². The number of aliphatic hydroxyl groups excluding tert-OH is 3. The Labute approximate surface area is 198 Å². The number of nitrogens with one attached hydrogen (secondary N) is 2. The molecule has 0 radical (unpaired) electrons. The van der Waals surface area contributed by atoms with Gasteiger partial charge in [-0.05, 0) is 36.2 Å². The van der Waals surface area contributed by atoms with Gasteiger partial charge in [0, 0.05) is 11.3 Å². The third-order valence-electron chi connectivity index (χ3n) is 5.16. The molecule has 2 aromatic rings. The van der Waals surface area contributed by atoms with Crippen LogP contribution in [-0.2, 0) is 24.8 Å². The summed E-state index contributed by atoms with van der Waals surface area (Å²) in [5.74, 6) is 0.252. The topological polar surface area (TPSA) is 171 Å². The highest BCUT2D eigenvalue weighted by Crippen LogP contribution is 2.36. The molecule has 1 saturated heterocycles. The number of anilines is 1. The second-order valence-electron chi connectivity index (χ2n) is 8.14. The highest BCUT2D eigenvalue weighted by atomic mass is 32.2. The lowest BCUT2D eigenvalue weighted by atomic mass is 9.97. The van der Waals surface area contributed by atoms with E-state index in [1.54, 1.807) is 36.4 Å². The molecule has 11 nitrogen and oxygen atoms in total. The van der Waals surface area contributed by atoms with Gasteiger partial charge < -0.3 is 24.8 Å². The molecule has 0 bridgehead atoms. The molecule has 0 spiro atoms. The zero-order valence-corrected chi connectivity index (χ0v) is 20.4. The minimum atomic E-state index is -3.83. The van der Waals surface area contributed by atoms with Crippen LogP contribution in [0.25, 0.3) is 11.1 Å². The predicted molar refractivity (Wildman–Crippen MR) is 125 cm³/mol. The molecule has 1 aliphatic heterocycles. The van der Waals surface area contributed by atoms with Crippen LogP contribution in [0.15, 0.2) is 42.5 Å². The van der Waals surface area contributed by atoms with E-state index in [-0.39, 0.29) is 5.75 Å². The zero-order valence-electron chi connectivity index (χ0n) is 18.7. The van der Waals surface area contributed by atoms with E-state index in [1.165, 1.54) is 0 Å². The van der Waals surface area contributed by atoms with Crippen molar-refractivity contribution in [2.24, 2.45) is 0 Å². The van der Waals surface area contributed by atoms with E-state index in [4.69, 9.17) is 9.47 Å². The second kappa shape index (κ2) is 10.2. The van der Waals surface area contributed by atoms with Crippen molar-refractivity contribution in [3.63, 3.8) is 0 Å². The summed E-state index contributed by atoms with van der Waals surface area (Å²) in [6.45, 7) is 1.17. The molecule has 5 atom stereocenters. The number of hydrogen-bond acceptors (Lipinski definition) is 9. The fourth-order valence-corrected chi connectivity index (χ4v) is 5.04. The second-order valence-corrected chi connectivity index (χ2v) is 11.7. The van der Waals surface area contributed by atoms with Crippen LogP contribution in [0.1, 0.15) is 5.56 Å². The van der Waals surface area contributed by atoms with Crippen LogP contribution in [0.2, 0.25) is 0 Å². The fraction of sp³-hybridized carbons (Fsp3) is 0.429. The van der Waals surface area contributed by atoms with Crippen LogP contribution >= 0.6 is 0 Å². The van der Waals surface area contributed by atoms with Crippen molar-refractivity contribution in [3.8, 4) is 16.9 Å². The Morgan fingerprint density at radius 3 is 2.29 bits per heavy atom. The van der Waals surface area contributed by atoms with Crippen molar-refractivity contribution < 1.29 is 41.6 Å². The third-order valence-corrected chi connectivity index (χ3v) is 6.47. The average Bonchev–Trinajstić information content (AvgIpc) is 2.71. The maximum Gasteiger partial charge on any atom is 0.229 e. The van der Waals surface area contributed by atoms with Gasteiger partial charge in [0.15, 0.2) is 0 Å². The summed E-state index contributed by atoms with van der Waals surface area (Å²) in [6, 6.07) is 10.3. The number of hydrogen-bond donors (Lipinski definition) is 5. The number of rotatable bonds is 8. The smallest absolute Gasteiger partial charge is 0.229 e. The molecule has 13 heteroatoms. The Bertz CT molecular complexity index is 1230. The van der Waals surface area contributed by atoms with Crippen molar-refractivity contribution in [1.29, 1.82) is 0 Å². The van der Waals surface area contributed by atoms with Gasteiger partial charge in [0.05, 0.1) is 19.1 Å². The summed E-state index contributed by atoms with van der Waals surface area (Å²) in [6.07, 6.45) is -3.87. The Morgan fingerprint density at radius 2 is 1.68 bits per heavy atom. The molecule has 34 heavy (non-hydrogen) atoms. The number of sulfonamides is 2. The van der Waals surface area contributed by atoms with E-state index < -0.39 is 57.3 Å². The van der Waals surface area contributed by atoms with Gasteiger partial charge in [-0.25, -0.2) is 21.6 Å². The predicted octanol–water partition coefficient (Wildman–Crippen LogP) is -0.231. The molecule has 188 valence electrons. The van der Waals surface area contributed by atoms with Crippen LogP contribution in [-0.4, -0.2) is 81.9 Å². The van der Waals surface area contributed by atoms with E-state index in [9.17, 15) is 32.2 Å². The Balaban J connectivity index is 2.02. The van der Waals surface area contributed by atoms with Gasteiger partial charge in [0.2, 0.25) is 26.3 Å². The van der Waals surface area contributed by atoms with Gasteiger partial charge in [-0.15, -0.1) is 0 Å². The number of ether oxygens (including phenoxy) is 2. The summed E-state index contributed by atoms with van der Waals surface area (Å²) in [5, 5.41) is 30.3. The minimum Gasteiger partial charge on any atom is -0.462 e. The molecule has 1 aliphatic rings. The Morgan fingerprint density at radius 1 is 1.00 bits per heavy atom. The standard InChI is InChI=1S/C21H28N2O9S2/c1-12-6-4-9-15(17(12)13-7-5-8-14(10-13)22-33(2,27)28)31-21-18(23-34(3,29)30)20(26)19(25)16(11-24)32-21/h4-10,16,18-26H,11H2,1-3H3/t16?,18?,19-,20+,21+/m0/s1. The zero-order chi connectivity index (χ0) is 25.3. The maximum atomic E-state index is 11.9. The SMILES string of the molecule is Cc1cccc(O[C@@H]2OC(CO)[C@H](O)[C@H](O)C2NS(C)(=O)=O)c1-c1cccc(NS(C)(=O)=O)c1. The minimum absolute atomic E-state index is 0.252. The first-order valence-electron chi connectivity index (χ1n) is 10.2. The normalized spacial score (nSPS) is 25.6. The molecule has 5 N–H and O–H groups in total. The molecule has 2 aromatic carbocycles. The van der Waals surface area contributed by atoms with Gasteiger partial charge in [-0.2, -0.15) is 0 Å². The number of aliphatic hydroxyl groups is 3. The first-order chi connectivity index (χ1) is 15.8. The molecular weight excluding hydrogens is 488 g/mol. The quantitative estimate of drug-likeness (QED) is 0.318. The van der Waals surface area contributed by atoms with Crippen molar-refractivity contribution >= 4 is 25.7 Å². The number of aryl methyl sites for hydroxylation is 1. The summed E-state index contributed by atoms with van der Waals surface area (Å²) in [4.78, 5) is 0. The number of benzene rings is 2. The van der Waals surface area contributed by atoms with Crippen molar-refractivity contribution in [3.05, 3.63) is 48.0 Å². The van der Waals surface area contributed by atoms with Crippen molar-refractivity contribution in [1.82, 2.24) is 4.72 Å². The van der Waals surface area contributed by atoms with Gasteiger partial charge in [0.25, 0.3) is 0 Å². The Hall–Kier alpha value is -2.26. The molecule has 1 heterocycles. The van der Waals surface area contributed by atoms with Crippen LogP contribution in [0.3, 0.4) is 0 Å². The van der Waals surface area contributed by atoms with Gasteiger partial charge in [0.1, 0.15) is 30.1 Å². The fourth-order valence-electron chi connectivity index (χ4n) is 3.74. The average molecular weight is 517 g/mol. The van der Waals surface area contributed by atoms with Gasteiger partial charge >= 0.3 is 0 Å². The maximum absolute atomic E-state index is 11.9. The Kier molecular flexibility index (Phi) is 7.87. The van der Waals surface area contributed by atoms with E-state index in [0.717, 1.165) is 18.1 Å². The lowest BCUT2D eigenvalue weighted by Crippen LogP contribution is -2.65. The van der Waals surface area contributed by atoms with Crippen LogP contribution in [0, 0.1) is 6.92 Å². The molecule has 3 rings (SSSR count). The van der Waals surface area contributed by atoms with E-state index in [0.29, 0.717) is 16.8 Å². The largest absolute Gasteiger partial charge is 0.462 e. The molecule has 1 fully saturated rings. The van der Waals surface area contributed by atoms with Crippen LogP contribution < -0.4 is 14.2 Å². The molecule has 0 amide bonds. The first-order valence-corrected chi connectivity index (χ1v) is 14.0. The summed E-state index contributed by atoms with van der Waals surface area (Å²) < 4.78 is 63.3. The lowest BCUT2D eigenvalue weighted by molar-refractivity contribution is -0.241. The van der Waals surface area contributed by atoms with Gasteiger partial charge in [-0.3, -0.25) is 4.72 Å². The monoisotopic (exact) mass is 516 g/mol. The highest BCUT2D eigenvalue weighted by Gasteiger charge is 2.47. The molecule has 0 aliphatic carbocycles. The molecule has 0 saturated carbocycles. The first kappa shape index (κ1) is 26.3.